The van der Waals surface area contributed by atoms with Gasteiger partial charge in [0.2, 0.25) is 0 Å². The lowest BCUT2D eigenvalue weighted by molar-refractivity contribution is 0.0468. The molecule has 0 amide bonds. The van der Waals surface area contributed by atoms with Crippen molar-refractivity contribution in [2.24, 2.45) is 0 Å². The van der Waals surface area contributed by atoms with Gasteiger partial charge in [-0.2, -0.15) is 0 Å². The zero-order chi connectivity index (χ0) is 17.2. The highest BCUT2D eigenvalue weighted by Crippen LogP contribution is 2.24. The Kier molecular flexibility index (Phi) is 4.21. The number of fused-ring (bicyclic) bond motifs is 1. The number of halogens is 1. The molecule has 0 aliphatic carbocycles. The first-order valence-corrected chi connectivity index (χ1v) is 8.66. The predicted molar refractivity (Wildman–Crippen MR) is 95.7 cm³/mol. The highest BCUT2D eigenvalue weighted by atomic mass is 35.5. The number of hydrogen-bond acceptors (Lipinski definition) is 6. The number of hydrogen-bond donors (Lipinski definition) is 0. The molecular weight excluding hydrogens is 360 g/mol. The molecule has 0 fully saturated rings. The van der Waals surface area contributed by atoms with Gasteiger partial charge in [-0.3, -0.25) is 0 Å². The largest absolute Gasteiger partial charge is 0.462 e. The molecule has 0 bridgehead atoms. The average molecular weight is 371 g/mol. The van der Waals surface area contributed by atoms with Crippen LogP contribution in [0.1, 0.15) is 16.1 Å². The first kappa shape index (κ1) is 15.8. The average Bonchev–Trinajstić information content (AvgIpc) is 3.30. The van der Waals surface area contributed by atoms with E-state index in [1.807, 2.05) is 17.5 Å². The van der Waals surface area contributed by atoms with Crippen LogP contribution >= 0.6 is 22.9 Å². The van der Waals surface area contributed by atoms with Crippen LogP contribution in [-0.4, -0.2) is 15.9 Å². The summed E-state index contributed by atoms with van der Waals surface area (Å²) < 4.78 is 10.6. The number of benzene rings is 1. The summed E-state index contributed by atoms with van der Waals surface area (Å²) in [5.74, 6) is 0.285. The van der Waals surface area contributed by atoms with Crippen molar-refractivity contribution in [2.75, 3.05) is 0 Å². The number of thiazole rings is 1. The SMILES string of the molecule is O=C(OCc1csc(-c2ccco2)n1)c1ccc2nc(Cl)ccc2c1. The first-order valence-electron chi connectivity index (χ1n) is 7.41. The molecule has 0 atom stereocenters. The second kappa shape index (κ2) is 6.66. The number of carbonyl (C=O) groups is 1. The van der Waals surface area contributed by atoms with Crippen LogP contribution in [0.3, 0.4) is 0 Å². The van der Waals surface area contributed by atoms with E-state index in [0.29, 0.717) is 22.2 Å². The number of esters is 1. The summed E-state index contributed by atoms with van der Waals surface area (Å²) in [4.78, 5) is 20.8. The van der Waals surface area contributed by atoms with Crippen molar-refractivity contribution in [2.45, 2.75) is 6.61 Å². The van der Waals surface area contributed by atoms with Gasteiger partial charge in [0.25, 0.3) is 0 Å². The van der Waals surface area contributed by atoms with Crippen molar-refractivity contribution < 1.29 is 13.9 Å². The van der Waals surface area contributed by atoms with Crippen LogP contribution in [0, 0.1) is 0 Å². The molecule has 3 aromatic heterocycles. The summed E-state index contributed by atoms with van der Waals surface area (Å²) in [5, 5.41) is 3.84. The van der Waals surface area contributed by atoms with E-state index in [4.69, 9.17) is 20.8 Å². The van der Waals surface area contributed by atoms with Crippen molar-refractivity contribution in [3.05, 3.63) is 70.5 Å². The number of nitrogens with zero attached hydrogens (tertiary/aromatic N) is 2. The maximum absolute atomic E-state index is 12.3. The molecule has 5 nitrogen and oxygen atoms in total. The second-order valence-corrected chi connectivity index (χ2v) is 6.48. The number of carbonyl (C=O) groups excluding carboxylic acids is 1. The zero-order valence-electron chi connectivity index (χ0n) is 12.8. The molecule has 0 aliphatic heterocycles. The molecule has 1 aromatic carbocycles. The summed E-state index contributed by atoms with van der Waals surface area (Å²) in [5.41, 5.74) is 1.86. The molecule has 0 spiro atoms. The molecule has 3 heterocycles. The fraction of sp³-hybridized carbons (Fsp3) is 0.0556. The third-order valence-corrected chi connectivity index (χ3v) is 4.64. The van der Waals surface area contributed by atoms with Gasteiger partial charge in [0.15, 0.2) is 10.8 Å². The van der Waals surface area contributed by atoms with Crippen molar-refractivity contribution in [3.8, 4) is 10.8 Å². The summed E-state index contributed by atoms with van der Waals surface area (Å²) in [6.07, 6.45) is 1.60. The topological polar surface area (TPSA) is 65.2 Å². The van der Waals surface area contributed by atoms with Crippen molar-refractivity contribution in [3.63, 3.8) is 0 Å². The summed E-state index contributed by atoms with van der Waals surface area (Å²) in [7, 11) is 0. The van der Waals surface area contributed by atoms with Gasteiger partial charge in [-0.05, 0) is 42.5 Å². The van der Waals surface area contributed by atoms with E-state index in [1.54, 1.807) is 36.6 Å². The molecule has 124 valence electrons. The molecule has 7 heteroatoms. The fourth-order valence-electron chi connectivity index (χ4n) is 2.34. The minimum atomic E-state index is -0.413. The highest BCUT2D eigenvalue weighted by Gasteiger charge is 2.12. The third kappa shape index (κ3) is 3.40. The molecule has 25 heavy (non-hydrogen) atoms. The molecule has 0 radical (unpaired) electrons. The van der Waals surface area contributed by atoms with E-state index in [-0.39, 0.29) is 6.61 Å². The molecule has 4 aromatic rings. The van der Waals surface area contributed by atoms with Crippen molar-refractivity contribution in [1.29, 1.82) is 0 Å². The Labute approximate surface area is 151 Å². The smallest absolute Gasteiger partial charge is 0.338 e. The monoisotopic (exact) mass is 370 g/mol. The van der Waals surface area contributed by atoms with Crippen LogP contribution in [0.5, 0.6) is 0 Å². The van der Waals surface area contributed by atoms with Crippen LogP contribution in [0.2, 0.25) is 5.15 Å². The number of pyridine rings is 1. The summed E-state index contributed by atoms with van der Waals surface area (Å²) >= 11 is 7.30. The van der Waals surface area contributed by atoms with E-state index >= 15 is 0 Å². The second-order valence-electron chi connectivity index (χ2n) is 5.24. The van der Waals surface area contributed by atoms with E-state index < -0.39 is 5.97 Å². The lowest BCUT2D eigenvalue weighted by Gasteiger charge is -2.04. The Morgan fingerprint density at radius 2 is 2.12 bits per heavy atom. The molecule has 0 saturated carbocycles. The normalized spacial score (nSPS) is 10.9. The van der Waals surface area contributed by atoms with E-state index in [1.165, 1.54) is 11.3 Å². The molecule has 0 saturated heterocycles. The molecule has 0 N–H and O–H groups in total. The van der Waals surface area contributed by atoms with Crippen LogP contribution in [-0.2, 0) is 11.3 Å². The minimum absolute atomic E-state index is 0.104. The lowest BCUT2D eigenvalue weighted by atomic mass is 10.1. The predicted octanol–water partition coefficient (Wildman–Crippen LogP) is 4.96. The zero-order valence-corrected chi connectivity index (χ0v) is 14.4. The lowest BCUT2D eigenvalue weighted by Crippen LogP contribution is -2.05. The number of furan rings is 1. The van der Waals surface area contributed by atoms with Gasteiger partial charge in [0.1, 0.15) is 11.8 Å². The first-order chi connectivity index (χ1) is 12.2. The standard InChI is InChI=1S/C18H11ClN2O3S/c19-16-6-4-11-8-12(3-5-14(11)21-16)18(22)24-9-13-10-25-17(20-13)15-2-1-7-23-15/h1-8,10H,9H2. The van der Waals surface area contributed by atoms with Gasteiger partial charge in [-0.1, -0.05) is 11.6 Å². The van der Waals surface area contributed by atoms with E-state index in [9.17, 15) is 4.79 Å². The maximum Gasteiger partial charge on any atom is 0.338 e. The van der Waals surface area contributed by atoms with Gasteiger partial charge in [0.05, 0.1) is 23.0 Å². The van der Waals surface area contributed by atoms with Crippen LogP contribution in [0.4, 0.5) is 0 Å². The quantitative estimate of drug-likeness (QED) is 0.375. The highest BCUT2D eigenvalue weighted by molar-refractivity contribution is 7.13. The van der Waals surface area contributed by atoms with Crippen LogP contribution in [0.25, 0.3) is 21.7 Å². The van der Waals surface area contributed by atoms with Crippen LogP contribution in [0.15, 0.2) is 58.5 Å². The number of ether oxygens (including phenoxy) is 1. The summed E-state index contributed by atoms with van der Waals surface area (Å²) in [6, 6.07) is 12.3. The maximum atomic E-state index is 12.3. The molecule has 0 unspecified atom stereocenters. The number of rotatable bonds is 4. The number of aromatic nitrogens is 2. The Morgan fingerprint density at radius 3 is 2.96 bits per heavy atom. The third-order valence-electron chi connectivity index (χ3n) is 3.53. The van der Waals surface area contributed by atoms with Gasteiger partial charge >= 0.3 is 5.97 Å². The Hall–Kier alpha value is -2.70. The van der Waals surface area contributed by atoms with Crippen LogP contribution < -0.4 is 0 Å². The van der Waals surface area contributed by atoms with Gasteiger partial charge in [-0.15, -0.1) is 11.3 Å². The van der Waals surface area contributed by atoms with Crippen molar-refractivity contribution in [1.82, 2.24) is 9.97 Å². The Bertz CT molecular complexity index is 1040. The minimum Gasteiger partial charge on any atom is -0.462 e. The van der Waals surface area contributed by atoms with Crippen molar-refractivity contribution >= 4 is 39.8 Å². The van der Waals surface area contributed by atoms with E-state index in [0.717, 1.165) is 15.9 Å². The van der Waals surface area contributed by atoms with E-state index in [2.05, 4.69) is 9.97 Å². The molecule has 0 aliphatic rings. The van der Waals surface area contributed by atoms with Gasteiger partial charge in [0, 0.05) is 10.8 Å². The van der Waals surface area contributed by atoms with Gasteiger partial charge < -0.3 is 9.15 Å². The molecule has 4 rings (SSSR count). The Balaban J connectivity index is 1.46. The van der Waals surface area contributed by atoms with Gasteiger partial charge in [-0.25, -0.2) is 14.8 Å². The molecular formula is C18H11ClN2O3S. The Morgan fingerprint density at radius 1 is 1.20 bits per heavy atom. The summed E-state index contributed by atoms with van der Waals surface area (Å²) in [6.45, 7) is 0.104. The fourth-order valence-corrected chi connectivity index (χ4v) is 3.26.